The fraction of sp³-hybridized carbons (Fsp3) is 0.632. The molecule has 0 aliphatic heterocycles. The van der Waals surface area contributed by atoms with Crippen molar-refractivity contribution >= 4 is 19.8 Å². The summed E-state index contributed by atoms with van der Waals surface area (Å²) in [6.07, 6.45) is 97.6. The third-order valence-electron chi connectivity index (χ3n) is 14.0. The zero-order valence-electron chi connectivity index (χ0n) is 55.4. The van der Waals surface area contributed by atoms with Gasteiger partial charge in [0.25, 0.3) is 7.82 Å². The highest BCUT2D eigenvalue weighted by Gasteiger charge is 2.22. The number of hydrogen-bond acceptors (Lipinski definition) is 8. The Kier molecular flexibility index (Phi) is 61.8. The fourth-order valence-corrected chi connectivity index (χ4v) is 9.60. The molecule has 0 fully saturated rings. The van der Waals surface area contributed by atoms with Gasteiger partial charge in [0.05, 0.1) is 27.7 Å². The highest BCUT2D eigenvalue weighted by Crippen LogP contribution is 2.38. The molecular weight excluding hydrogens is 1090 g/mol. The van der Waals surface area contributed by atoms with Crippen molar-refractivity contribution in [1.82, 2.24) is 0 Å². The number of allylic oxidation sites excluding steroid dienone is 26. The summed E-state index contributed by atoms with van der Waals surface area (Å²) in [5, 5.41) is 0. The first kappa shape index (κ1) is 81.6. The number of unbranched alkanes of at least 4 members (excludes halogenated alkanes) is 21. The number of hydrogen-bond donors (Lipinski definition) is 0. The van der Waals surface area contributed by atoms with E-state index in [9.17, 15) is 19.0 Å². The van der Waals surface area contributed by atoms with Gasteiger partial charge in [-0.25, -0.2) is 0 Å². The summed E-state index contributed by atoms with van der Waals surface area (Å²) in [6.45, 7) is 3.96. The molecule has 0 aromatic heterocycles. The van der Waals surface area contributed by atoms with E-state index in [4.69, 9.17) is 18.5 Å². The Morgan fingerprint density at radius 1 is 0.360 bits per heavy atom. The van der Waals surface area contributed by atoms with Gasteiger partial charge in [-0.2, -0.15) is 0 Å². The molecule has 0 aromatic carbocycles. The molecule has 0 aliphatic carbocycles. The van der Waals surface area contributed by atoms with E-state index in [1.54, 1.807) is 0 Å². The minimum absolute atomic E-state index is 0.0444. The summed E-state index contributed by atoms with van der Waals surface area (Å²) in [5.41, 5.74) is 0. The first-order chi connectivity index (χ1) is 42.0. The lowest BCUT2D eigenvalue weighted by Crippen LogP contribution is -2.37. The smallest absolute Gasteiger partial charge is 0.306 e. The van der Waals surface area contributed by atoms with Crippen LogP contribution in [0.15, 0.2) is 158 Å². The van der Waals surface area contributed by atoms with Crippen molar-refractivity contribution < 1.29 is 42.1 Å². The van der Waals surface area contributed by atoms with Crippen molar-refractivity contribution in [2.24, 2.45) is 0 Å². The van der Waals surface area contributed by atoms with Gasteiger partial charge >= 0.3 is 11.9 Å². The average Bonchev–Trinajstić information content (AvgIpc) is 3.70. The van der Waals surface area contributed by atoms with Crippen LogP contribution in [-0.4, -0.2) is 70.0 Å². The second kappa shape index (κ2) is 65.1. The Hall–Kier alpha value is -4.37. The maximum atomic E-state index is 12.9. The van der Waals surface area contributed by atoms with E-state index in [2.05, 4.69) is 172 Å². The van der Waals surface area contributed by atoms with E-state index < -0.39 is 32.5 Å². The topological polar surface area (TPSA) is 111 Å². The van der Waals surface area contributed by atoms with Crippen molar-refractivity contribution in [3.8, 4) is 0 Å². The van der Waals surface area contributed by atoms with Gasteiger partial charge in [-0.15, -0.1) is 0 Å². The highest BCUT2D eigenvalue weighted by molar-refractivity contribution is 7.45. The summed E-state index contributed by atoms with van der Waals surface area (Å²) >= 11 is 0. The van der Waals surface area contributed by atoms with Gasteiger partial charge in [0.15, 0.2) is 6.10 Å². The van der Waals surface area contributed by atoms with Crippen LogP contribution in [0.3, 0.4) is 0 Å². The lowest BCUT2D eigenvalue weighted by atomic mass is 10.0. The Labute approximate surface area is 528 Å². The van der Waals surface area contributed by atoms with Crippen molar-refractivity contribution in [3.05, 3.63) is 158 Å². The van der Waals surface area contributed by atoms with Crippen LogP contribution in [-0.2, 0) is 32.7 Å². The summed E-state index contributed by atoms with van der Waals surface area (Å²) < 4.78 is 34.2. The number of quaternary nitrogens is 1. The van der Waals surface area contributed by atoms with E-state index in [0.29, 0.717) is 23.9 Å². The Bertz CT molecular complexity index is 2010. The van der Waals surface area contributed by atoms with E-state index in [0.717, 1.165) is 116 Å². The zero-order chi connectivity index (χ0) is 62.6. The van der Waals surface area contributed by atoms with E-state index in [-0.39, 0.29) is 26.1 Å². The van der Waals surface area contributed by atoms with Crippen LogP contribution in [0, 0.1) is 0 Å². The van der Waals surface area contributed by atoms with E-state index in [1.807, 2.05) is 21.1 Å². The number of likely N-dealkylation sites (N-methyl/N-ethyl adjacent to an activating group) is 1. The highest BCUT2D eigenvalue weighted by atomic mass is 31.2. The number of carbonyl (C=O) groups is 2. The van der Waals surface area contributed by atoms with Crippen LogP contribution < -0.4 is 4.89 Å². The van der Waals surface area contributed by atoms with Crippen molar-refractivity contribution in [2.75, 3.05) is 47.5 Å². The van der Waals surface area contributed by atoms with Gasteiger partial charge in [-0.1, -0.05) is 281 Å². The van der Waals surface area contributed by atoms with Crippen LogP contribution in [0.1, 0.15) is 258 Å². The minimum atomic E-state index is -4.66. The van der Waals surface area contributed by atoms with Crippen LogP contribution in [0.5, 0.6) is 0 Å². The molecule has 0 spiro atoms. The van der Waals surface area contributed by atoms with Gasteiger partial charge in [-0.05, 0) is 122 Å². The van der Waals surface area contributed by atoms with Gasteiger partial charge in [-0.3, -0.25) is 14.2 Å². The van der Waals surface area contributed by atoms with Crippen molar-refractivity contribution in [1.29, 1.82) is 0 Å². The van der Waals surface area contributed by atoms with Crippen LogP contribution in [0.2, 0.25) is 0 Å². The fourth-order valence-electron chi connectivity index (χ4n) is 8.88. The Morgan fingerprint density at radius 3 is 0.953 bits per heavy atom. The van der Waals surface area contributed by atoms with Crippen molar-refractivity contribution in [3.63, 3.8) is 0 Å². The summed E-state index contributed by atoms with van der Waals surface area (Å²) in [4.78, 5) is 38.0. The standard InChI is InChI=1S/C76H126NO8P/c1-6-8-10-12-14-16-18-20-22-24-26-28-29-30-31-32-33-34-35-36-37-38-39-40-41-42-43-44-45-46-47-49-51-53-55-57-59-61-63-65-67-69-76(79)85-74(73-84-86(80,81)83-71-70-77(3,4)5)72-82-75(78)68-66-64-62-60-58-56-54-52-50-48-27-25-23-21-19-17-15-13-11-9-7-2/h8-11,14-17,20-23,26-28,30-31,33-34,36-37,48,52,54,58,60,74H,6-7,12-13,18-19,24-25,29,32,35,38-47,49-51,53,55-57,59,61-73H2,1-5H3/b10-8-,11-9-,16-14-,17-15-,22-20-,23-21-,28-26-,31-30-,34-33-,37-36-,48-27-,54-52-,60-58-. The quantitative estimate of drug-likeness (QED) is 0.0195. The number of ether oxygens (including phenoxy) is 2. The number of phosphoric acid groups is 1. The molecule has 86 heavy (non-hydrogen) atoms. The van der Waals surface area contributed by atoms with Crippen LogP contribution in [0.25, 0.3) is 0 Å². The third-order valence-corrected chi connectivity index (χ3v) is 15.0. The number of nitrogens with zero attached hydrogens (tertiary/aromatic N) is 1. The normalized spacial score (nSPS) is 14.2. The second-order valence-electron chi connectivity index (χ2n) is 23.4. The Morgan fingerprint density at radius 2 is 0.628 bits per heavy atom. The van der Waals surface area contributed by atoms with Gasteiger partial charge in [0.1, 0.15) is 19.8 Å². The van der Waals surface area contributed by atoms with Gasteiger partial charge in [0, 0.05) is 12.8 Å². The monoisotopic (exact) mass is 1210 g/mol. The molecule has 0 heterocycles. The number of esters is 2. The molecule has 0 amide bonds. The molecule has 9 nitrogen and oxygen atoms in total. The summed E-state index contributed by atoms with van der Waals surface area (Å²) in [7, 11) is 1.13. The molecule has 0 N–H and O–H groups in total. The molecule has 2 unspecified atom stereocenters. The summed E-state index contributed by atoms with van der Waals surface area (Å²) in [5.74, 6) is -0.888. The SMILES string of the molecule is CC/C=C\C/C=C\C/C=C\C/C=C\C/C=C\C/C=C\C/C=C\CCCCCCCCCCCCCCCCCCCCCC(=O)OC(COC(=O)CCCC/C=C\C/C=C\C/C=C\C/C=C\C/C=C\C/C=C\CC)COP(=O)([O-])OCC[N+](C)(C)C. The van der Waals surface area contributed by atoms with Crippen LogP contribution in [0.4, 0.5) is 0 Å². The molecular formula is C76H126NO8P. The third kappa shape index (κ3) is 68.7. The van der Waals surface area contributed by atoms with E-state index in [1.165, 1.54) is 103 Å². The first-order valence-corrected chi connectivity index (χ1v) is 35.7. The molecule has 0 bridgehead atoms. The number of carbonyl (C=O) groups excluding carboxylic acids is 2. The zero-order valence-corrected chi connectivity index (χ0v) is 56.3. The second-order valence-corrected chi connectivity index (χ2v) is 24.8. The van der Waals surface area contributed by atoms with Gasteiger partial charge in [0.2, 0.25) is 0 Å². The molecule has 0 aromatic rings. The predicted octanol–water partition coefficient (Wildman–Crippen LogP) is 21.7. The van der Waals surface area contributed by atoms with Gasteiger partial charge < -0.3 is 27.9 Å². The largest absolute Gasteiger partial charge is 0.756 e. The average molecular weight is 1210 g/mol. The minimum Gasteiger partial charge on any atom is -0.756 e. The molecule has 0 radical (unpaired) electrons. The lowest BCUT2D eigenvalue weighted by molar-refractivity contribution is -0.870. The van der Waals surface area contributed by atoms with Crippen LogP contribution >= 0.6 is 7.82 Å². The first-order valence-electron chi connectivity index (χ1n) is 34.2. The molecule has 2 atom stereocenters. The maximum absolute atomic E-state index is 12.9. The predicted molar refractivity (Wildman–Crippen MR) is 369 cm³/mol. The molecule has 0 rings (SSSR count). The number of rotatable bonds is 61. The molecule has 0 aliphatic rings. The Balaban J connectivity index is 4.05. The summed E-state index contributed by atoms with van der Waals surface area (Å²) in [6, 6.07) is 0. The molecule has 488 valence electrons. The molecule has 0 saturated heterocycles. The molecule has 0 saturated carbocycles. The molecule has 10 heteroatoms. The van der Waals surface area contributed by atoms with E-state index >= 15 is 0 Å². The number of phosphoric ester groups is 1. The van der Waals surface area contributed by atoms with Crippen molar-refractivity contribution in [2.45, 2.75) is 264 Å². The maximum Gasteiger partial charge on any atom is 0.306 e. The lowest BCUT2D eigenvalue weighted by Gasteiger charge is -2.28.